The smallest absolute Gasteiger partial charge is 0.314 e. The third kappa shape index (κ3) is 3.82. The minimum Gasteiger partial charge on any atom is -0.497 e. The number of carbonyl (C=O) groups is 2. The van der Waals surface area contributed by atoms with Crippen molar-refractivity contribution in [3.63, 3.8) is 0 Å². The summed E-state index contributed by atoms with van der Waals surface area (Å²) < 4.78 is 6.66. The zero-order chi connectivity index (χ0) is 15.2. The third-order valence-electron chi connectivity index (χ3n) is 2.77. The largest absolute Gasteiger partial charge is 0.497 e. The number of amides is 2. The van der Waals surface area contributed by atoms with Crippen LogP contribution < -0.4 is 15.4 Å². The van der Waals surface area contributed by atoms with Crippen LogP contribution in [0.2, 0.25) is 0 Å². The number of benzene rings is 1. The van der Waals surface area contributed by atoms with E-state index in [-0.39, 0.29) is 0 Å². The molecule has 0 atom stereocenters. The molecule has 2 amide bonds. The average Bonchev–Trinajstić information content (AvgIpc) is 2.95. The van der Waals surface area contributed by atoms with Gasteiger partial charge in [-0.15, -0.1) is 0 Å². The Morgan fingerprint density at radius 1 is 1.14 bits per heavy atom. The summed E-state index contributed by atoms with van der Waals surface area (Å²) in [4.78, 5) is 23.5. The van der Waals surface area contributed by atoms with Crippen molar-refractivity contribution in [2.45, 2.75) is 13.5 Å². The number of hydrogen-bond acceptors (Lipinski definition) is 4. The zero-order valence-electron chi connectivity index (χ0n) is 11.8. The van der Waals surface area contributed by atoms with Crippen molar-refractivity contribution >= 4 is 23.2 Å². The summed E-state index contributed by atoms with van der Waals surface area (Å²) in [7, 11) is 1.55. The highest BCUT2D eigenvalue weighted by Gasteiger charge is 2.14. The fourth-order valence-electron chi connectivity index (χ4n) is 1.65. The number of methoxy groups -OCH3 is 1. The summed E-state index contributed by atoms with van der Waals surface area (Å²) in [6, 6.07) is 6.69. The highest BCUT2D eigenvalue weighted by Crippen LogP contribution is 2.15. The Labute approximate surface area is 121 Å². The van der Waals surface area contributed by atoms with E-state index in [1.54, 1.807) is 42.3 Å². The van der Waals surface area contributed by atoms with Crippen molar-refractivity contribution in [3.05, 3.63) is 36.7 Å². The summed E-state index contributed by atoms with van der Waals surface area (Å²) in [5.74, 6) is -0.824. The monoisotopic (exact) mass is 288 g/mol. The molecule has 0 radical (unpaired) electrons. The Morgan fingerprint density at radius 3 is 2.29 bits per heavy atom. The van der Waals surface area contributed by atoms with E-state index < -0.39 is 11.8 Å². The molecule has 21 heavy (non-hydrogen) atoms. The predicted octanol–water partition coefficient (Wildman–Crippen LogP) is 1.49. The fraction of sp³-hybridized carbons (Fsp3) is 0.214. The van der Waals surface area contributed by atoms with Crippen molar-refractivity contribution in [2.75, 3.05) is 17.7 Å². The molecule has 0 spiro atoms. The number of nitrogens with zero attached hydrogens (tertiary/aromatic N) is 2. The number of carbonyl (C=O) groups excluding carboxylic acids is 2. The van der Waals surface area contributed by atoms with Gasteiger partial charge in [0, 0.05) is 18.4 Å². The predicted molar refractivity (Wildman–Crippen MR) is 78.2 cm³/mol. The van der Waals surface area contributed by atoms with Crippen LogP contribution in [0.25, 0.3) is 0 Å². The maximum absolute atomic E-state index is 11.8. The molecule has 0 bridgehead atoms. The van der Waals surface area contributed by atoms with Crippen molar-refractivity contribution in [1.29, 1.82) is 0 Å². The van der Waals surface area contributed by atoms with E-state index >= 15 is 0 Å². The molecule has 1 heterocycles. The normalized spacial score (nSPS) is 10.0. The lowest BCUT2D eigenvalue weighted by Crippen LogP contribution is -2.28. The van der Waals surface area contributed by atoms with Crippen LogP contribution in [0.3, 0.4) is 0 Å². The SMILES string of the molecule is CCn1cc(NC(=O)C(=O)Nc2ccc(OC)cc2)cn1. The van der Waals surface area contributed by atoms with Gasteiger partial charge in [-0.1, -0.05) is 0 Å². The molecule has 2 rings (SSSR count). The van der Waals surface area contributed by atoms with Crippen molar-refractivity contribution in [1.82, 2.24) is 9.78 Å². The molecule has 2 N–H and O–H groups in total. The summed E-state index contributed by atoms with van der Waals surface area (Å²) in [6.07, 6.45) is 3.14. The van der Waals surface area contributed by atoms with E-state index in [1.165, 1.54) is 6.20 Å². The van der Waals surface area contributed by atoms with Crippen LogP contribution in [-0.4, -0.2) is 28.7 Å². The lowest BCUT2D eigenvalue weighted by Gasteiger charge is -2.06. The molecule has 0 saturated heterocycles. The van der Waals surface area contributed by atoms with Crippen LogP contribution in [0.15, 0.2) is 36.7 Å². The van der Waals surface area contributed by atoms with Crippen LogP contribution in [0.5, 0.6) is 5.75 Å². The van der Waals surface area contributed by atoms with Gasteiger partial charge >= 0.3 is 11.8 Å². The maximum atomic E-state index is 11.8. The van der Waals surface area contributed by atoms with Gasteiger partial charge in [-0.2, -0.15) is 5.10 Å². The van der Waals surface area contributed by atoms with Crippen LogP contribution in [0, 0.1) is 0 Å². The first-order valence-corrected chi connectivity index (χ1v) is 6.41. The van der Waals surface area contributed by atoms with Gasteiger partial charge in [-0.3, -0.25) is 14.3 Å². The van der Waals surface area contributed by atoms with Crippen LogP contribution >= 0.6 is 0 Å². The van der Waals surface area contributed by atoms with E-state index in [2.05, 4.69) is 15.7 Å². The second-order valence-electron chi connectivity index (χ2n) is 4.22. The molecule has 0 aliphatic rings. The summed E-state index contributed by atoms with van der Waals surface area (Å²) in [6.45, 7) is 2.61. The Morgan fingerprint density at radius 2 is 1.76 bits per heavy atom. The van der Waals surface area contributed by atoms with Crippen LogP contribution in [-0.2, 0) is 16.1 Å². The summed E-state index contributed by atoms with van der Waals surface area (Å²) >= 11 is 0. The number of ether oxygens (including phenoxy) is 1. The third-order valence-corrected chi connectivity index (χ3v) is 2.77. The first-order valence-electron chi connectivity index (χ1n) is 6.41. The molecule has 0 aliphatic heterocycles. The molecule has 0 saturated carbocycles. The van der Waals surface area contributed by atoms with E-state index in [9.17, 15) is 9.59 Å². The Hall–Kier alpha value is -2.83. The van der Waals surface area contributed by atoms with E-state index in [1.807, 2.05) is 6.92 Å². The zero-order valence-corrected chi connectivity index (χ0v) is 11.8. The molecular weight excluding hydrogens is 272 g/mol. The molecule has 0 fully saturated rings. The number of anilines is 2. The molecule has 0 aliphatic carbocycles. The first-order chi connectivity index (χ1) is 10.1. The van der Waals surface area contributed by atoms with E-state index in [4.69, 9.17) is 4.74 Å². The minimum atomic E-state index is -0.749. The molecule has 110 valence electrons. The molecule has 7 nitrogen and oxygen atoms in total. The second-order valence-corrected chi connectivity index (χ2v) is 4.22. The summed E-state index contributed by atoms with van der Waals surface area (Å²) in [5.41, 5.74) is 0.993. The Bertz CT molecular complexity index is 634. The lowest BCUT2D eigenvalue weighted by atomic mass is 10.3. The fourth-order valence-corrected chi connectivity index (χ4v) is 1.65. The molecule has 0 unspecified atom stereocenters. The number of rotatable bonds is 4. The number of nitrogens with one attached hydrogen (secondary N) is 2. The van der Waals surface area contributed by atoms with Crippen LogP contribution in [0.4, 0.5) is 11.4 Å². The molecule has 1 aromatic heterocycles. The number of hydrogen-bond donors (Lipinski definition) is 2. The molecular formula is C14H16N4O3. The van der Waals surface area contributed by atoms with Gasteiger partial charge < -0.3 is 15.4 Å². The highest BCUT2D eigenvalue weighted by molar-refractivity contribution is 6.43. The van der Waals surface area contributed by atoms with Crippen molar-refractivity contribution in [3.8, 4) is 5.75 Å². The van der Waals surface area contributed by atoms with E-state index in [0.29, 0.717) is 23.7 Å². The Kier molecular flexibility index (Phi) is 4.55. The van der Waals surface area contributed by atoms with Crippen LogP contribution in [0.1, 0.15) is 6.92 Å². The molecule has 2 aromatic rings. The van der Waals surface area contributed by atoms with E-state index in [0.717, 1.165) is 0 Å². The topological polar surface area (TPSA) is 85.2 Å². The standard InChI is InChI=1S/C14H16N4O3/c1-3-18-9-11(8-15-18)17-14(20)13(19)16-10-4-6-12(21-2)7-5-10/h4-9H,3H2,1-2H3,(H,16,19)(H,17,20). The van der Waals surface area contributed by atoms with Crippen molar-refractivity contribution in [2.24, 2.45) is 0 Å². The molecule has 7 heteroatoms. The molecule has 1 aromatic carbocycles. The maximum Gasteiger partial charge on any atom is 0.314 e. The lowest BCUT2D eigenvalue weighted by molar-refractivity contribution is -0.132. The van der Waals surface area contributed by atoms with Gasteiger partial charge in [-0.25, -0.2) is 0 Å². The van der Waals surface area contributed by atoms with Gasteiger partial charge in [0.25, 0.3) is 0 Å². The van der Waals surface area contributed by atoms with Gasteiger partial charge in [-0.05, 0) is 31.2 Å². The Balaban J connectivity index is 1.93. The van der Waals surface area contributed by atoms with Gasteiger partial charge in [0.2, 0.25) is 0 Å². The summed E-state index contributed by atoms with van der Waals surface area (Å²) in [5, 5.41) is 8.99. The highest BCUT2D eigenvalue weighted by atomic mass is 16.5. The number of aryl methyl sites for hydroxylation is 1. The average molecular weight is 288 g/mol. The number of aromatic nitrogens is 2. The minimum absolute atomic E-state index is 0.478. The first kappa shape index (κ1) is 14.6. The van der Waals surface area contributed by atoms with Gasteiger partial charge in [0.15, 0.2) is 0 Å². The van der Waals surface area contributed by atoms with Gasteiger partial charge in [0.1, 0.15) is 5.75 Å². The second kappa shape index (κ2) is 6.56. The van der Waals surface area contributed by atoms with Crippen molar-refractivity contribution < 1.29 is 14.3 Å². The quantitative estimate of drug-likeness (QED) is 0.835. The van der Waals surface area contributed by atoms with Gasteiger partial charge in [0.05, 0.1) is 19.0 Å².